The van der Waals surface area contributed by atoms with Crippen molar-refractivity contribution in [3.63, 3.8) is 0 Å². The molecule has 0 aromatic heterocycles. The van der Waals surface area contributed by atoms with Crippen molar-refractivity contribution in [3.05, 3.63) is 0 Å². The summed E-state index contributed by atoms with van der Waals surface area (Å²) in [6, 6.07) is 0. The van der Waals surface area contributed by atoms with E-state index in [1.165, 1.54) is 13.8 Å². The van der Waals surface area contributed by atoms with Gasteiger partial charge in [0.1, 0.15) is 0 Å². The molecular weight excluding hydrogens is 509 g/mol. The number of rotatable bonds is 6. The van der Waals surface area contributed by atoms with E-state index < -0.39 is 71.8 Å². The van der Waals surface area contributed by atoms with Gasteiger partial charge in [-0.3, -0.25) is 0 Å². The summed E-state index contributed by atoms with van der Waals surface area (Å²) in [6.45, 7) is 2.83. The van der Waals surface area contributed by atoms with Crippen molar-refractivity contribution < 1.29 is 41.0 Å². The molecule has 2 saturated heterocycles. The number of halogens is 7. The molecule has 5 nitrogen and oxygen atoms in total. The molecule has 1 atom stereocenters. The Balaban J connectivity index is 1.88. The number of aliphatic hydroxyl groups is 1. The molecule has 28 heavy (non-hydrogen) atoms. The molecule has 3 rings (SSSR count). The van der Waals surface area contributed by atoms with E-state index in [2.05, 4.69) is 7.06 Å². The number of ether oxygens (including phenoxy) is 1. The van der Waals surface area contributed by atoms with Crippen molar-refractivity contribution in [1.82, 2.24) is 7.06 Å². The average molecular weight is 532 g/mol. The second-order valence-corrected chi connectivity index (χ2v) is 12.5. The Morgan fingerprint density at radius 3 is 1.96 bits per heavy atom. The minimum absolute atomic E-state index is 0.437. The summed E-state index contributed by atoms with van der Waals surface area (Å²) in [4.78, 5) is 12.6. The van der Waals surface area contributed by atoms with E-state index in [1.54, 1.807) is 0 Å². The molecule has 0 radical (unpaired) electrons. The Morgan fingerprint density at radius 2 is 1.57 bits per heavy atom. The third kappa shape index (κ3) is 3.51. The maximum atomic E-state index is 13.4. The minimum atomic E-state index is -6.04. The summed E-state index contributed by atoms with van der Waals surface area (Å²) in [5, 5.41) is 9.87. The molecule has 0 bridgehead atoms. The first kappa shape index (κ1) is 22.3. The molecule has 0 aromatic carbocycles. The third-order valence-corrected chi connectivity index (χ3v) is 11.0. The molecule has 0 spiro atoms. The fourth-order valence-electron chi connectivity index (χ4n) is 3.67. The van der Waals surface area contributed by atoms with Crippen LogP contribution in [0.4, 0.5) is 26.3 Å². The fraction of sp³-hybridized carbons (Fsp3) is 0.938. The molecule has 3 fully saturated rings. The van der Waals surface area contributed by atoms with E-state index in [0.29, 0.717) is 25.7 Å². The number of nitrogens with one attached hydrogen (secondary N) is 2. The molecule has 164 valence electrons. The molecule has 2 aliphatic heterocycles. The first-order valence-corrected chi connectivity index (χ1v) is 12.2. The summed E-state index contributed by atoms with van der Waals surface area (Å²) in [5.74, 6) is -1.66. The van der Waals surface area contributed by atoms with Crippen molar-refractivity contribution in [2.45, 2.75) is 80.1 Å². The SMILES string of the molecule is CC(C)(C(=O)OC(CC1CCCCC1)C(O)(C(F)(F)F)C(F)(F)F)C12NI1N2. The number of esters is 1. The van der Waals surface area contributed by atoms with Gasteiger partial charge in [0.2, 0.25) is 0 Å². The van der Waals surface area contributed by atoms with Crippen LogP contribution in [0, 0.1) is 11.3 Å². The molecule has 0 aromatic rings. The Bertz CT molecular complexity index is 613. The Morgan fingerprint density at radius 1 is 1.11 bits per heavy atom. The maximum absolute atomic E-state index is 13.4. The monoisotopic (exact) mass is 532 g/mol. The van der Waals surface area contributed by atoms with Gasteiger partial charge in [-0.2, -0.15) is 0 Å². The number of alkyl halides is 7. The van der Waals surface area contributed by atoms with Gasteiger partial charge in [-0.25, -0.2) is 0 Å². The standard InChI is InChI=1S/C16H23F6IN2O3/c1-12(2,16-23(24-16)25-16)11(26)28-10(8-9-6-4-3-5-7-9)13(27,14(17,18)19)15(20,21)22/h9-10,24-25,27H,3-8H2,1-2H3. The molecule has 12 heteroatoms. The summed E-state index contributed by atoms with van der Waals surface area (Å²) in [7, 11) is 0. The van der Waals surface area contributed by atoms with Gasteiger partial charge in [0.15, 0.2) is 0 Å². The van der Waals surface area contributed by atoms with E-state index in [1.807, 2.05) is 0 Å². The average Bonchev–Trinajstić information content (AvgIpc) is 3.42. The van der Waals surface area contributed by atoms with Crippen molar-refractivity contribution in [2.24, 2.45) is 11.3 Å². The van der Waals surface area contributed by atoms with Gasteiger partial charge in [-0.1, -0.05) is 0 Å². The number of hydrogen-bond donors (Lipinski definition) is 3. The number of carbonyl (C=O) groups excluding carboxylic acids is 1. The van der Waals surface area contributed by atoms with Gasteiger partial charge in [0.25, 0.3) is 0 Å². The van der Waals surface area contributed by atoms with Crippen LogP contribution in [0.3, 0.4) is 0 Å². The molecular formula is C16H23F6IN2O3. The van der Waals surface area contributed by atoms with Gasteiger partial charge in [-0.15, -0.1) is 0 Å². The van der Waals surface area contributed by atoms with E-state index in [0.717, 1.165) is 6.42 Å². The number of carbonyl (C=O) groups is 1. The molecule has 1 unspecified atom stereocenters. The quantitative estimate of drug-likeness (QED) is 0.0918. The first-order chi connectivity index (χ1) is 12.7. The molecule has 0 amide bonds. The summed E-state index contributed by atoms with van der Waals surface area (Å²) in [6.07, 6.45) is -12.4. The Hall–Kier alpha value is -0.340. The molecule has 1 aliphatic carbocycles. The van der Waals surface area contributed by atoms with Gasteiger partial charge in [-0.05, 0) is 0 Å². The van der Waals surface area contributed by atoms with Crippen LogP contribution in [0.1, 0.15) is 52.4 Å². The predicted molar refractivity (Wildman–Crippen MR) is 94.9 cm³/mol. The van der Waals surface area contributed by atoms with Crippen LogP contribution in [0.15, 0.2) is 0 Å². The fourth-order valence-corrected chi connectivity index (χ4v) is 9.24. The van der Waals surface area contributed by atoms with Crippen molar-refractivity contribution in [3.8, 4) is 0 Å². The summed E-state index contributed by atoms with van der Waals surface area (Å²) < 4.78 is 90.7. The van der Waals surface area contributed by atoms with Crippen LogP contribution in [-0.4, -0.2) is 38.8 Å². The molecule has 3 N–H and O–H groups in total. The van der Waals surface area contributed by atoms with Crippen LogP contribution >= 0.6 is 20.4 Å². The summed E-state index contributed by atoms with van der Waals surface area (Å²) >= 11 is -1.71. The van der Waals surface area contributed by atoms with E-state index >= 15 is 0 Å². The molecule has 1 saturated carbocycles. The van der Waals surface area contributed by atoms with Crippen LogP contribution in [0.25, 0.3) is 0 Å². The second kappa shape index (κ2) is 6.84. The van der Waals surface area contributed by atoms with Crippen LogP contribution < -0.4 is 7.06 Å². The van der Waals surface area contributed by atoms with Gasteiger partial charge in [0, 0.05) is 0 Å². The topological polar surface area (TPSA) is 90.4 Å². The molecule has 3 aliphatic rings. The van der Waals surface area contributed by atoms with E-state index in [-0.39, 0.29) is 0 Å². The van der Waals surface area contributed by atoms with E-state index in [9.17, 15) is 36.2 Å². The van der Waals surface area contributed by atoms with E-state index in [4.69, 9.17) is 4.74 Å². The first-order valence-electron chi connectivity index (χ1n) is 8.99. The van der Waals surface area contributed by atoms with Gasteiger partial charge < -0.3 is 0 Å². The zero-order valence-electron chi connectivity index (χ0n) is 15.3. The third-order valence-electron chi connectivity index (χ3n) is 5.88. The van der Waals surface area contributed by atoms with Gasteiger partial charge >= 0.3 is 166 Å². The predicted octanol–water partition coefficient (Wildman–Crippen LogP) is 3.95. The van der Waals surface area contributed by atoms with Gasteiger partial charge in [0.05, 0.1) is 0 Å². The van der Waals surface area contributed by atoms with Crippen molar-refractivity contribution in [1.29, 1.82) is 0 Å². The number of fused-ring (bicyclic) bond motifs is 1. The Labute approximate surface area is 166 Å². The zero-order valence-corrected chi connectivity index (χ0v) is 17.5. The normalized spacial score (nSPS) is 25.1. The Kier molecular flexibility index (Phi) is 5.46. The number of hydrogen-bond acceptors (Lipinski definition) is 5. The van der Waals surface area contributed by atoms with Crippen molar-refractivity contribution in [2.75, 3.05) is 0 Å². The summed E-state index contributed by atoms with van der Waals surface area (Å²) in [5.41, 5.74) is -6.45. The molecule has 2 heterocycles. The van der Waals surface area contributed by atoms with Crippen molar-refractivity contribution >= 4 is 26.3 Å². The zero-order chi connectivity index (χ0) is 21.2. The van der Waals surface area contributed by atoms with Crippen LogP contribution in [0.2, 0.25) is 0 Å². The second-order valence-electron chi connectivity index (χ2n) is 8.15. The van der Waals surface area contributed by atoms with Crippen LogP contribution in [0.5, 0.6) is 0 Å². The van der Waals surface area contributed by atoms with Crippen LogP contribution in [-0.2, 0) is 9.53 Å².